The van der Waals surface area contributed by atoms with Crippen LogP contribution in [-0.2, 0) is 19.1 Å². The van der Waals surface area contributed by atoms with E-state index < -0.39 is 29.8 Å². The molecule has 2 aromatic carbocycles. The molecule has 1 amide bonds. The maximum absolute atomic E-state index is 13.3. The van der Waals surface area contributed by atoms with Gasteiger partial charge in [-0.3, -0.25) is 9.59 Å². The first-order valence-corrected chi connectivity index (χ1v) is 9.19. The minimum atomic E-state index is -1.00. The number of hydrogen-bond donors (Lipinski definition) is 1. The Morgan fingerprint density at radius 3 is 2.00 bits per heavy atom. The van der Waals surface area contributed by atoms with Gasteiger partial charge in [0, 0.05) is 10.8 Å². The molecule has 150 valence electrons. The number of pyridine rings is 1. The molecule has 7 heteroatoms. The van der Waals surface area contributed by atoms with E-state index in [1.54, 1.807) is 6.92 Å². The van der Waals surface area contributed by atoms with Crippen molar-refractivity contribution >= 4 is 39.7 Å². The lowest BCUT2D eigenvalue weighted by atomic mass is 9.96. The molecule has 1 N–H and O–H groups in total. The fourth-order valence-electron chi connectivity index (χ4n) is 3.32. The lowest BCUT2D eigenvalue weighted by Crippen LogP contribution is -2.46. The molecule has 7 nitrogen and oxygen atoms in total. The normalized spacial score (nSPS) is 12.9. The molecule has 1 heterocycles. The Morgan fingerprint density at radius 2 is 1.48 bits per heavy atom. The number of benzene rings is 2. The molecule has 0 fully saturated rings. The smallest absolute Gasteiger partial charge is 0.328 e. The monoisotopic (exact) mass is 394 g/mol. The van der Waals surface area contributed by atoms with Crippen molar-refractivity contribution in [2.45, 2.75) is 19.4 Å². The van der Waals surface area contributed by atoms with Crippen molar-refractivity contribution in [1.82, 2.24) is 10.3 Å². The summed E-state index contributed by atoms with van der Waals surface area (Å²) in [6.45, 7) is 1.68. The van der Waals surface area contributed by atoms with Gasteiger partial charge in [-0.15, -0.1) is 0 Å². The molecule has 0 radical (unpaired) electrons. The summed E-state index contributed by atoms with van der Waals surface area (Å²) in [5.74, 6) is -2.05. The number of amides is 1. The molecule has 0 aliphatic heterocycles. The first kappa shape index (κ1) is 20.3. The van der Waals surface area contributed by atoms with Gasteiger partial charge in [0.1, 0.15) is 6.04 Å². The molecule has 0 spiro atoms. The number of carbonyl (C=O) groups is 3. The molecule has 0 saturated heterocycles. The molecule has 3 aromatic rings. The summed E-state index contributed by atoms with van der Waals surface area (Å²) < 4.78 is 9.52. The van der Waals surface area contributed by atoms with Gasteiger partial charge in [0.2, 0.25) is 0 Å². The second-order valence-corrected chi connectivity index (χ2v) is 6.75. The minimum Gasteiger partial charge on any atom is -0.469 e. The Hall–Kier alpha value is -3.48. The van der Waals surface area contributed by atoms with E-state index in [1.807, 2.05) is 48.5 Å². The Bertz CT molecular complexity index is 1030. The van der Waals surface area contributed by atoms with Crippen LogP contribution in [0.3, 0.4) is 0 Å². The average molecular weight is 394 g/mol. The van der Waals surface area contributed by atoms with Crippen LogP contribution in [-0.4, -0.2) is 43.1 Å². The third-order valence-electron chi connectivity index (χ3n) is 4.84. The first-order valence-electron chi connectivity index (χ1n) is 9.19. The molecule has 0 aliphatic rings. The van der Waals surface area contributed by atoms with Crippen molar-refractivity contribution in [1.29, 1.82) is 0 Å². The molecule has 0 bridgehead atoms. The minimum absolute atomic E-state index is 0.0333. The SMILES string of the molecule is COC(=O)C[C@H](C)[C@@H](NC(=O)c1c2ccccc2nc2ccccc12)C(=O)OC. The molecular formula is C22H22N2O5. The van der Waals surface area contributed by atoms with Gasteiger partial charge in [0.25, 0.3) is 5.91 Å². The highest BCUT2D eigenvalue weighted by atomic mass is 16.5. The van der Waals surface area contributed by atoms with Gasteiger partial charge >= 0.3 is 11.9 Å². The van der Waals surface area contributed by atoms with Crippen molar-refractivity contribution in [3.63, 3.8) is 0 Å². The van der Waals surface area contributed by atoms with Gasteiger partial charge in [0.15, 0.2) is 0 Å². The van der Waals surface area contributed by atoms with Gasteiger partial charge in [-0.1, -0.05) is 43.3 Å². The third-order valence-corrected chi connectivity index (χ3v) is 4.84. The van der Waals surface area contributed by atoms with Crippen LogP contribution < -0.4 is 5.32 Å². The topological polar surface area (TPSA) is 94.6 Å². The number of hydrogen-bond acceptors (Lipinski definition) is 6. The second-order valence-electron chi connectivity index (χ2n) is 6.75. The highest BCUT2D eigenvalue weighted by Gasteiger charge is 2.31. The van der Waals surface area contributed by atoms with E-state index in [-0.39, 0.29) is 6.42 Å². The maximum atomic E-state index is 13.3. The zero-order valence-electron chi connectivity index (χ0n) is 16.5. The number of nitrogens with zero attached hydrogens (tertiary/aromatic N) is 1. The predicted octanol–water partition coefficient (Wildman–Crippen LogP) is 2.86. The van der Waals surface area contributed by atoms with E-state index in [4.69, 9.17) is 4.74 Å². The summed E-state index contributed by atoms with van der Waals surface area (Å²) in [6, 6.07) is 13.6. The quantitative estimate of drug-likeness (QED) is 0.510. The van der Waals surface area contributed by atoms with Crippen LogP contribution in [0.4, 0.5) is 0 Å². The summed E-state index contributed by atoms with van der Waals surface area (Å²) in [4.78, 5) is 41.9. The van der Waals surface area contributed by atoms with Crippen LogP contribution in [0.5, 0.6) is 0 Å². The number of fused-ring (bicyclic) bond motifs is 2. The Kier molecular flexibility index (Phi) is 6.07. The first-order chi connectivity index (χ1) is 14.0. The van der Waals surface area contributed by atoms with E-state index in [0.717, 1.165) is 0 Å². The zero-order valence-corrected chi connectivity index (χ0v) is 16.5. The molecule has 29 heavy (non-hydrogen) atoms. The van der Waals surface area contributed by atoms with Gasteiger partial charge < -0.3 is 14.8 Å². The molecule has 0 unspecified atom stereocenters. The Morgan fingerprint density at radius 1 is 0.931 bits per heavy atom. The van der Waals surface area contributed by atoms with Crippen LogP contribution in [0.2, 0.25) is 0 Å². The summed E-state index contributed by atoms with van der Waals surface area (Å²) >= 11 is 0. The number of carbonyl (C=O) groups excluding carboxylic acids is 3. The number of rotatable bonds is 6. The molecule has 3 rings (SSSR count). The van der Waals surface area contributed by atoms with Crippen molar-refractivity contribution in [2.24, 2.45) is 5.92 Å². The number of ether oxygens (including phenoxy) is 2. The fourth-order valence-corrected chi connectivity index (χ4v) is 3.32. The van der Waals surface area contributed by atoms with Crippen LogP contribution in [0, 0.1) is 5.92 Å². The number of aromatic nitrogens is 1. The zero-order chi connectivity index (χ0) is 21.0. The molecule has 0 aliphatic carbocycles. The lowest BCUT2D eigenvalue weighted by Gasteiger charge is -2.23. The predicted molar refractivity (Wildman–Crippen MR) is 108 cm³/mol. The summed E-state index contributed by atoms with van der Waals surface area (Å²) in [5.41, 5.74) is 1.77. The molecule has 1 aromatic heterocycles. The van der Waals surface area contributed by atoms with Gasteiger partial charge in [-0.2, -0.15) is 0 Å². The van der Waals surface area contributed by atoms with Crippen LogP contribution in [0.25, 0.3) is 21.8 Å². The maximum Gasteiger partial charge on any atom is 0.328 e. The van der Waals surface area contributed by atoms with Crippen LogP contribution in [0.15, 0.2) is 48.5 Å². The van der Waals surface area contributed by atoms with Crippen molar-refractivity contribution in [3.8, 4) is 0 Å². The van der Waals surface area contributed by atoms with E-state index in [9.17, 15) is 14.4 Å². The average Bonchev–Trinajstić information content (AvgIpc) is 2.74. The van der Waals surface area contributed by atoms with Crippen molar-refractivity contribution < 1.29 is 23.9 Å². The summed E-state index contributed by atoms with van der Waals surface area (Å²) in [7, 11) is 2.51. The van der Waals surface area contributed by atoms with Crippen LogP contribution >= 0.6 is 0 Å². The van der Waals surface area contributed by atoms with E-state index in [0.29, 0.717) is 27.4 Å². The molecular weight excluding hydrogens is 372 g/mol. The van der Waals surface area contributed by atoms with E-state index in [1.165, 1.54) is 14.2 Å². The Labute approximate surface area is 168 Å². The van der Waals surface area contributed by atoms with Crippen molar-refractivity contribution in [2.75, 3.05) is 14.2 Å². The lowest BCUT2D eigenvalue weighted by molar-refractivity contribution is -0.146. The highest BCUT2D eigenvalue weighted by molar-refractivity contribution is 6.16. The fraction of sp³-hybridized carbons (Fsp3) is 0.273. The number of methoxy groups -OCH3 is 2. The standard InChI is InChI=1S/C22H22N2O5/c1-13(12-18(25)28-2)20(22(27)29-3)24-21(26)19-14-8-4-6-10-16(14)23-17-11-7-5-9-15(17)19/h4-11,13,20H,12H2,1-3H3,(H,24,26)/t13-,20+/m0/s1. The largest absolute Gasteiger partial charge is 0.469 e. The molecule has 0 saturated carbocycles. The van der Waals surface area contributed by atoms with Crippen molar-refractivity contribution in [3.05, 3.63) is 54.1 Å². The highest BCUT2D eigenvalue weighted by Crippen LogP contribution is 2.26. The Balaban J connectivity index is 2.04. The molecule has 2 atom stereocenters. The number of nitrogens with one attached hydrogen (secondary N) is 1. The van der Waals surface area contributed by atoms with Gasteiger partial charge in [-0.05, 0) is 18.1 Å². The second kappa shape index (κ2) is 8.68. The number of esters is 2. The van der Waals surface area contributed by atoms with E-state index in [2.05, 4.69) is 15.0 Å². The summed E-state index contributed by atoms with van der Waals surface area (Å²) in [6.07, 6.45) is -0.0333. The summed E-state index contributed by atoms with van der Waals surface area (Å²) in [5, 5.41) is 4.10. The van der Waals surface area contributed by atoms with E-state index >= 15 is 0 Å². The third kappa shape index (κ3) is 4.18. The van der Waals surface area contributed by atoms with Crippen LogP contribution in [0.1, 0.15) is 23.7 Å². The number of para-hydroxylation sites is 2. The van der Waals surface area contributed by atoms with Gasteiger partial charge in [-0.25, -0.2) is 9.78 Å². The van der Waals surface area contributed by atoms with Gasteiger partial charge in [0.05, 0.1) is 37.2 Å².